The predicted molar refractivity (Wildman–Crippen MR) is 75.2 cm³/mol. The maximum absolute atomic E-state index is 6.25. The van der Waals surface area contributed by atoms with Gasteiger partial charge in [0.1, 0.15) is 0 Å². The molecular weight excluding hydrogens is 222 g/mol. The summed E-state index contributed by atoms with van der Waals surface area (Å²) in [4.78, 5) is 6.71. The van der Waals surface area contributed by atoms with Crippen molar-refractivity contribution < 1.29 is 0 Å². The van der Waals surface area contributed by atoms with Crippen LogP contribution in [0.3, 0.4) is 0 Å². The Labute approximate surface area is 110 Å². The van der Waals surface area contributed by atoms with Crippen molar-refractivity contribution in [2.75, 3.05) is 6.54 Å². The van der Waals surface area contributed by atoms with E-state index >= 15 is 0 Å². The third-order valence-electron chi connectivity index (χ3n) is 4.01. The first-order valence-corrected chi connectivity index (χ1v) is 7.02. The molecule has 1 aliphatic rings. The Morgan fingerprint density at radius 1 is 1.28 bits per heavy atom. The molecule has 1 fully saturated rings. The van der Waals surface area contributed by atoms with Gasteiger partial charge < -0.3 is 5.73 Å². The zero-order valence-electron chi connectivity index (χ0n) is 11.7. The molecule has 1 aliphatic heterocycles. The highest BCUT2D eigenvalue weighted by Gasteiger charge is 2.34. The van der Waals surface area contributed by atoms with Gasteiger partial charge in [-0.25, -0.2) is 0 Å². The lowest BCUT2D eigenvalue weighted by atomic mass is 9.95. The minimum atomic E-state index is 0.145. The standard InChI is InChI=1S/C15H25N3/c1-11(2)14-5-4-10-18(14)15(12(3)16)13-6-8-17-9-7-13/h6-9,11-12,14-15H,4-5,10,16H2,1-3H3. The van der Waals surface area contributed by atoms with E-state index in [1.54, 1.807) is 0 Å². The second kappa shape index (κ2) is 5.81. The molecule has 100 valence electrons. The van der Waals surface area contributed by atoms with Gasteiger partial charge in [-0.1, -0.05) is 13.8 Å². The fourth-order valence-corrected chi connectivity index (χ4v) is 3.23. The third kappa shape index (κ3) is 2.73. The minimum absolute atomic E-state index is 0.145. The molecule has 1 aromatic heterocycles. The highest BCUT2D eigenvalue weighted by molar-refractivity contribution is 5.18. The number of nitrogens with two attached hydrogens (primary N) is 1. The van der Waals surface area contributed by atoms with E-state index < -0.39 is 0 Å². The van der Waals surface area contributed by atoms with E-state index in [1.807, 2.05) is 12.4 Å². The minimum Gasteiger partial charge on any atom is -0.326 e. The average molecular weight is 247 g/mol. The molecule has 3 unspecified atom stereocenters. The lowest BCUT2D eigenvalue weighted by molar-refractivity contribution is 0.130. The van der Waals surface area contributed by atoms with Crippen LogP contribution in [0.15, 0.2) is 24.5 Å². The molecule has 18 heavy (non-hydrogen) atoms. The Bertz CT molecular complexity index is 361. The maximum Gasteiger partial charge on any atom is 0.0500 e. The van der Waals surface area contributed by atoms with Crippen molar-refractivity contribution in [1.82, 2.24) is 9.88 Å². The van der Waals surface area contributed by atoms with Crippen LogP contribution in [-0.2, 0) is 0 Å². The van der Waals surface area contributed by atoms with Gasteiger partial charge in [0.25, 0.3) is 0 Å². The summed E-state index contributed by atoms with van der Waals surface area (Å²) in [7, 11) is 0. The molecule has 0 aromatic carbocycles. The van der Waals surface area contributed by atoms with Crippen LogP contribution in [0.1, 0.15) is 45.2 Å². The van der Waals surface area contributed by atoms with Crippen LogP contribution >= 0.6 is 0 Å². The highest BCUT2D eigenvalue weighted by Crippen LogP contribution is 2.34. The average Bonchev–Trinajstić information content (AvgIpc) is 2.79. The van der Waals surface area contributed by atoms with Crippen molar-refractivity contribution in [3.63, 3.8) is 0 Å². The monoisotopic (exact) mass is 247 g/mol. The third-order valence-corrected chi connectivity index (χ3v) is 4.01. The van der Waals surface area contributed by atoms with Crippen molar-refractivity contribution in [2.24, 2.45) is 11.7 Å². The topological polar surface area (TPSA) is 42.2 Å². The maximum atomic E-state index is 6.25. The van der Waals surface area contributed by atoms with Gasteiger partial charge in [0.2, 0.25) is 0 Å². The molecule has 0 spiro atoms. The molecule has 2 N–H and O–H groups in total. The number of nitrogens with zero attached hydrogens (tertiary/aromatic N) is 2. The molecule has 2 heterocycles. The van der Waals surface area contributed by atoms with E-state index in [1.165, 1.54) is 18.4 Å². The normalized spacial score (nSPS) is 24.4. The van der Waals surface area contributed by atoms with E-state index in [-0.39, 0.29) is 6.04 Å². The van der Waals surface area contributed by atoms with E-state index in [9.17, 15) is 0 Å². The Morgan fingerprint density at radius 2 is 1.94 bits per heavy atom. The number of hydrogen-bond acceptors (Lipinski definition) is 3. The second-order valence-electron chi connectivity index (χ2n) is 5.78. The number of rotatable bonds is 4. The quantitative estimate of drug-likeness (QED) is 0.889. The first-order valence-electron chi connectivity index (χ1n) is 7.02. The first-order chi connectivity index (χ1) is 8.61. The Kier molecular flexibility index (Phi) is 4.36. The fourth-order valence-electron chi connectivity index (χ4n) is 3.23. The summed E-state index contributed by atoms with van der Waals surface area (Å²) in [6.45, 7) is 7.90. The van der Waals surface area contributed by atoms with Crippen LogP contribution in [0, 0.1) is 5.92 Å². The molecule has 2 rings (SSSR count). The number of hydrogen-bond donors (Lipinski definition) is 1. The van der Waals surface area contributed by atoms with Crippen LogP contribution in [-0.4, -0.2) is 28.5 Å². The molecule has 0 aliphatic carbocycles. The van der Waals surface area contributed by atoms with Crippen LogP contribution in [0.4, 0.5) is 0 Å². The molecule has 0 bridgehead atoms. The van der Waals surface area contributed by atoms with E-state index in [2.05, 4.69) is 42.8 Å². The molecule has 3 heteroatoms. The van der Waals surface area contributed by atoms with Gasteiger partial charge in [-0.05, 0) is 49.9 Å². The Morgan fingerprint density at radius 3 is 2.50 bits per heavy atom. The van der Waals surface area contributed by atoms with Crippen molar-refractivity contribution in [3.8, 4) is 0 Å². The van der Waals surface area contributed by atoms with Gasteiger partial charge in [0, 0.05) is 24.5 Å². The molecule has 3 nitrogen and oxygen atoms in total. The zero-order valence-corrected chi connectivity index (χ0v) is 11.7. The van der Waals surface area contributed by atoms with Crippen LogP contribution < -0.4 is 5.73 Å². The first kappa shape index (κ1) is 13.5. The number of aromatic nitrogens is 1. The van der Waals surface area contributed by atoms with Gasteiger partial charge in [-0.2, -0.15) is 0 Å². The van der Waals surface area contributed by atoms with E-state index in [0.29, 0.717) is 18.0 Å². The predicted octanol–water partition coefficient (Wildman–Crippen LogP) is 2.59. The van der Waals surface area contributed by atoms with Gasteiger partial charge in [0.05, 0.1) is 6.04 Å². The van der Waals surface area contributed by atoms with Crippen LogP contribution in [0.2, 0.25) is 0 Å². The van der Waals surface area contributed by atoms with Crippen molar-refractivity contribution >= 4 is 0 Å². The van der Waals surface area contributed by atoms with Crippen molar-refractivity contribution in [3.05, 3.63) is 30.1 Å². The molecule has 1 aromatic rings. The van der Waals surface area contributed by atoms with E-state index in [0.717, 1.165) is 6.54 Å². The Balaban J connectivity index is 2.25. The lowest BCUT2D eigenvalue weighted by Crippen LogP contribution is -2.43. The van der Waals surface area contributed by atoms with Crippen molar-refractivity contribution in [1.29, 1.82) is 0 Å². The van der Waals surface area contributed by atoms with Gasteiger partial charge in [0.15, 0.2) is 0 Å². The largest absolute Gasteiger partial charge is 0.326 e. The highest BCUT2D eigenvalue weighted by atomic mass is 15.2. The molecule has 0 amide bonds. The number of pyridine rings is 1. The zero-order chi connectivity index (χ0) is 13.1. The summed E-state index contributed by atoms with van der Waals surface area (Å²) in [6.07, 6.45) is 6.32. The summed E-state index contributed by atoms with van der Waals surface area (Å²) in [5.74, 6) is 0.690. The number of likely N-dealkylation sites (tertiary alicyclic amines) is 1. The molecule has 0 radical (unpaired) electrons. The summed E-state index contributed by atoms with van der Waals surface area (Å²) in [6, 6.07) is 5.33. The van der Waals surface area contributed by atoms with Crippen LogP contribution in [0.5, 0.6) is 0 Å². The van der Waals surface area contributed by atoms with Gasteiger partial charge in [-0.3, -0.25) is 9.88 Å². The van der Waals surface area contributed by atoms with E-state index in [4.69, 9.17) is 5.73 Å². The summed E-state index contributed by atoms with van der Waals surface area (Å²) >= 11 is 0. The lowest BCUT2D eigenvalue weighted by Gasteiger charge is -2.37. The smallest absolute Gasteiger partial charge is 0.0500 e. The SMILES string of the molecule is CC(C)C1CCCN1C(c1ccncc1)C(C)N. The molecular formula is C15H25N3. The Hall–Kier alpha value is -0.930. The van der Waals surface area contributed by atoms with Crippen LogP contribution in [0.25, 0.3) is 0 Å². The second-order valence-corrected chi connectivity index (χ2v) is 5.78. The fraction of sp³-hybridized carbons (Fsp3) is 0.667. The van der Waals surface area contributed by atoms with Gasteiger partial charge >= 0.3 is 0 Å². The molecule has 0 saturated carbocycles. The summed E-state index contributed by atoms with van der Waals surface area (Å²) < 4.78 is 0. The van der Waals surface area contributed by atoms with Gasteiger partial charge in [-0.15, -0.1) is 0 Å². The van der Waals surface area contributed by atoms with Crippen molar-refractivity contribution in [2.45, 2.75) is 51.7 Å². The summed E-state index contributed by atoms with van der Waals surface area (Å²) in [5, 5.41) is 0. The molecule has 3 atom stereocenters. The molecule has 1 saturated heterocycles. The summed E-state index contributed by atoms with van der Waals surface area (Å²) in [5.41, 5.74) is 7.55.